The molecule has 0 heterocycles. The maximum absolute atomic E-state index is 6.67. The van der Waals surface area contributed by atoms with Crippen LogP contribution in [0.25, 0.3) is 0 Å². The van der Waals surface area contributed by atoms with Crippen LogP contribution in [0.4, 0.5) is 0 Å². The summed E-state index contributed by atoms with van der Waals surface area (Å²) in [4.78, 5) is 0. The molecule has 3 heteroatoms. The van der Waals surface area contributed by atoms with E-state index in [0.717, 1.165) is 11.1 Å². The van der Waals surface area contributed by atoms with E-state index in [1.165, 1.54) is 37.7 Å². The highest BCUT2D eigenvalue weighted by molar-refractivity contribution is 9.10. The van der Waals surface area contributed by atoms with E-state index in [1.807, 2.05) is 0 Å². The van der Waals surface area contributed by atoms with Crippen molar-refractivity contribution in [3.63, 3.8) is 0 Å². The maximum atomic E-state index is 6.67. The second-order valence-electron chi connectivity index (χ2n) is 8.35. The van der Waals surface area contributed by atoms with Crippen molar-refractivity contribution in [3.8, 4) is 0 Å². The lowest BCUT2D eigenvalue weighted by Crippen LogP contribution is -2.39. The number of benzene rings is 1. The van der Waals surface area contributed by atoms with Crippen LogP contribution in [0.15, 0.2) is 28.7 Å². The molecule has 0 saturated heterocycles. The molecule has 1 aromatic carbocycles. The molecule has 0 spiro atoms. The summed E-state index contributed by atoms with van der Waals surface area (Å²) in [5, 5.41) is 0.352. The fraction of sp³-hybridized carbons (Fsp3) is 0.700. The molecule has 1 saturated carbocycles. The van der Waals surface area contributed by atoms with Crippen LogP contribution >= 0.6 is 15.9 Å². The number of rotatable bonds is 8. The van der Waals surface area contributed by atoms with Gasteiger partial charge in [-0.3, -0.25) is 0 Å². The second-order valence-corrected chi connectivity index (χ2v) is 13.1. The molecule has 1 aromatic rings. The Morgan fingerprint density at radius 3 is 2.26 bits per heavy atom. The maximum Gasteiger partial charge on any atom is 0.0881 e. The van der Waals surface area contributed by atoms with Crippen LogP contribution in [-0.4, -0.2) is 15.4 Å². The first kappa shape index (κ1) is 19.2. The van der Waals surface area contributed by atoms with E-state index in [9.17, 15) is 0 Å². The summed E-state index contributed by atoms with van der Waals surface area (Å²) in [6.45, 7) is 12.8. The Balaban J connectivity index is 2.23. The van der Waals surface area contributed by atoms with Gasteiger partial charge in [0, 0.05) is 25.3 Å². The third-order valence-corrected chi connectivity index (χ3v) is 9.83. The van der Waals surface area contributed by atoms with Crippen molar-refractivity contribution in [2.45, 2.75) is 77.1 Å². The Kier molecular flexibility index (Phi) is 6.55. The van der Waals surface area contributed by atoms with E-state index in [1.54, 1.807) is 0 Å². The highest BCUT2D eigenvalue weighted by Crippen LogP contribution is 2.55. The molecule has 1 aliphatic rings. The van der Waals surface area contributed by atoms with E-state index in [2.05, 4.69) is 74.1 Å². The highest BCUT2D eigenvalue weighted by atomic mass is 79.9. The minimum absolute atomic E-state index is 0.260. The summed E-state index contributed by atoms with van der Waals surface area (Å²) < 4.78 is 7.82. The van der Waals surface area contributed by atoms with Gasteiger partial charge in [-0.25, -0.2) is 0 Å². The Morgan fingerprint density at radius 2 is 1.83 bits per heavy atom. The first-order valence-corrected chi connectivity index (χ1v) is 12.9. The van der Waals surface area contributed by atoms with Crippen molar-refractivity contribution in [1.82, 2.24) is 0 Å². The van der Waals surface area contributed by atoms with Gasteiger partial charge in [0.25, 0.3) is 0 Å². The predicted octanol–water partition coefficient (Wildman–Crippen LogP) is 6.74. The van der Waals surface area contributed by atoms with Crippen molar-refractivity contribution < 1.29 is 4.74 Å². The summed E-state index contributed by atoms with van der Waals surface area (Å²) in [5.74, 6) is 0. The molecule has 1 nitrogen and oxygen atoms in total. The molecule has 2 rings (SSSR count). The van der Waals surface area contributed by atoms with Gasteiger partial charge < -0.3 is 4.74 Å². The minimum atomic E-state index is -0.734. The van der Waals surface area contributed by atoms with E-state index in [0.29, 0.717) is 10.5 Å². The van der Waals surface area contributed by atoms with Gasteiger partial charge in [-0.2, -0.15) is 0 Å². The molecule has 0 bridgehead atoms. The van der Waals surface area contributed by atoms with Crippen molar-refractivity contribution in [3.05, 3.63) is 34.3 Å². The average Bonchev–Trinajstić information content (AvgIpc) is 2.46. The molecule has 0 radical (unpaired) electrons. The van der Waals surface area contributed by atoms with Gasteiger partial charge in [-0.05, 0) is 42.0 Å². The SMILES string of the molecule is CCCC1(C(OCC(C)(C)[SiH](C)C)c2ccc(Br)cc2)CCC1. The van der Waals surface area contributed by atoms with Crippen LogP contribution in [0.2, 0.25) is 18.1 Å². The number of hydrogen-bond donors (Lipinski definition) is 0. The Hall–Kier alpha value is -0.123. The summed E-state index contributed by atoms with van der Waals surface area (Å²) in [7, 11) is -0.734. The van der Waals surface area contributed by atoms with Gasteiger partial charge in [0.15, 0.2) is 0 Å². The van der Waals surface area contributed by atoms with Crippen LogP contribution in [0, 0.1) is 5.41 Å². The first-order valence-electron chi connectivity index (χ1n) is 9.18. The van der Waals surface area contributed by atoms with Crippen LogP contribution in [0.1, 0.15) is 64.5 Å². The Morgan fingerprint density at radius 1 is 1.22 bits per heavy atom. The van der Waals surface area contributed by atoms with E-state index in [4.69, 9.17) is 4.74 Å². The summed E-state index contributed by atoms with van der Waals surface area (Å²) in [6.07, 6.45) is 6.80. The van der Waals surface area contributed by atoms with Crippen LogP contribution in [-0.2, 0) is 4.74 Å². The lowest BCUT2D eigenvalue weighted by Gasteiger charge is -2.49. The number of halogens is 1. The van der Waals surface area contributed by atoms with Crippen LogP contribution < -0.4 is 0 Å². The standard InChI is InChI=1S/C20H33BrOSi/c1-6-12-20(13-7-14-20)18(16-8-10-17(21)11-9-16)22-15-19(2,3)23(4)5/h8-11,18,23H,6-7,12-15H2,1-5H3. The molecule has 1 aliphatic carbocycles. The Bertz CT molecular complexity index is 491. The van der Waals surface area contributed by atoms with Crippen molar-refractivity contribution in [1.29, 1.82) is 0 Å². The van der Waals surface area contributed by atoms with Crippen LogP contribution in [0.3, 0.4) is 0 Å². The monoisotopic (exact) mass is 396 g/mol. The molecule has 1 fully saturated rings. The van der Waals surface area contributed by atoms with Gasteiger partial charge in [-0.15, -0.1) is 0 Å². The molecule has 0 N–H and O–H groups in total. The molecule has 0 aromatic heterocycles. The van der Waals surface area contributed by atoms with E-state index >= 15 is 0 Å². The van der Waals surface area contributed by atoms with Gasteiger partial charge >= 0.3 is 0 Å². The molecular weight excluding hydrogens is 364 g/mol. The summed E-state index contributed by atoms with van der Waals surface area (Å²) >= 11 is 3.56. The average molecular weight is 397 g/mol. The normalized spacial score (nSPS) is 18.7. The molecule has 0 amide bonds. The second kappa shape index (κ2) is 7.84. The van der Waals surface area contributed by atoms with Gasteiger partial charge in [0.05, 0.1) is 6.10 Å². The van der Waals surface area contributed by atoms with E-state index < -0.39 is 8.80 Å². The molecule has 1 atom stereocenters. The van der Waals surface area contributed by atoms with Gasteiger partial charge in [0.2, 0.25) is 0 Å². The zero-order valence-corrected chi connectivity index (χ0v) is 18.2. The largest absolute Gasteiger partial charge is 0.373 e. The minimum Gasteiger partial charge on any atom is -0.373 e. The van der Waals surface area contributed by atoms with Crippen LogP contribution in [0.5, 0.6) is 0 Å². The molecular formula is C20H33BrOSi. The summed E-state index contributed by atoms with van der Waals surface area (Å²) in [6, 6.07) is 8.83. The van der Waals surface area contributed by atoms with Crippen molar-refractivity contribution in [2.75, 3.05) is 6.61 Å². The predicted molar refractivity (Wildman–Crippen MR) is 107 cm³/mol. The zero-order valence-electron chi connectivity index (χ0n) is 15.5. The summed E-state index contributed by atoms with van der Waals surface area (Å²) in [5.41, 5.74) is 1.74. The molecule has 130 valence electrons. The fourth-order valence-corrected chi connectivity index (χ4v) is 4.19. The lowest BCUT2D eigenvalue weighted by atomic mass is 9.61. The lowest BCUT2D eigenvalue weighted by molar-refractivity contribution is -0.0959. The quantitative estimate of drug-likeness (QED) is 0.441. The molecule has 0 aliphatic heterocycles. The first-order chi connectivity index (χ1) is 10.8. The van der Waals surface area contributed by atoms with Gasteiger partial charge in [-0.1, -0.05) is 74.8 Å². The van der Waals surface area contributed by atoms with Crippen molar-refractivity contribution >= 4 is 24.7 Å². The smallest absolute Gasteiger partial charge is 0.0881 e. The van der Waals surface area contributed by atoms with Crippen molar-refractivity contribution in [2.24, 2.45) is 5.41 Å². The number of hydrogen-bond acceptors (Lipinski definition) is 1. The van der Waals surface area contributed by atoms with E-state index in [-0.39, 0.29) is 6.10 Å². The highest BCUT2D eigenvalue weighted by Gasteiger charge is 2.45. The van der Waals surface area contributed by atoms with Gasteiger partial charge in [0.1, 0.15) is 0 Å². The fourth-order valence-electron chi connectivity index (χ4n) is 3.50. The topological polar surface area (TPSA) is 9.23 Å². The number of ether oxygens (including phenoxy) is 1. The third kappa shape index (κ3) is 4.49. The molecule has 1 unspecified atom stereocenters. The molecule has 23 heavy (non-hydrogen) atoms. The third-order valence-electron chi connectivity index (χ3n) is 6.01. The Labute approximate surface area is 152 Å². The zero-order chi connectivity index (χ0) is 17.1.